The molecule has 3 rings (SSSR count). The van der Waals surface area contributed by atoms with Gasteiger partial charge in [-0.25, -0.2) is 4.79 Å². The lowest BCUT2D eigenvalue weighted by atomic mass is 9.89. The highest BCUT2D eigenvalue weighted by Gasteiger charge is 2.26. The van der Waals surface area contributed by atoms with Crippen molar-refractivity contribution in [2.45, 2.75) is 32.6 Å². The number of thiophene rings is 1. The van der Waals surface area contributed by atoms with Gasteiger partial charge in [0, 0.05) is 29.9 Å². The molecule has 1 unspecified atom stereocenters. The maximum atomic E-state index is 12.2. The minimum absolute atomic E-state index is 0.230. The molecule has 2 aromatic rings. The fraction of sp³-hybridized carbons (Fsp3) is 0.381. The molecule has 2 heterocycles. The number of alkyl carbamates (subject to hydrolysis) is 1. The van der Waals surface area contributed by atoms with Crippen LogP contribution in [0, 0.1) is 5.92 Å². The predicted molar refractivity (Wildman–Crippen MR) is 116 cm³/mol. The SMILES string of the molecule is CCCNC(=O)OCC1CCc2c(sc(NC(=O)/C=C/c3cccnc3)c2N)C1. The summed E-state index contributed by atoms with van der Waals surface area (Å²) in [6.07, 6.45) is 9.60. The summed E-state index contributed by atoms with van der Waals surface area (Å²) in [6.45, 7) is 3.00. The molecule has 4 N–H and O–H groups in total. The van der Waals surface area contributed by atoms with Crippen molar-refractivity contribution in [3.8, 4) is 0 Å². The lowest BCUT2D eigenvalue weighted by molar-refractivity contribution is -0.111. The molecule has 2 aromatic heterocycles. The Morgan fingerprint density at radius 1 is 1.45 bits per heavy atom. The third-order valence-electron chi connectivity index (χ3n) is 4.73. The summed E-state index contributed by atoms with van der Waals surface area (Å²) in [5.41, 5.74) is 8.87. The van der Waals surface area contributed by atoms with Crippen LogP contribution in [0.25, 0.3) is 6.08 Å². The van der Waals surface area contributed by atoms with Gasteiger partial charge in [-0.3, -0.25) is 9.78 Å². The van der Waals surface area contributed by atoms with E-state index in [1.54, 1.807) is 18.5 Å². The molecule has 0 aromatic carbocycles. The number of nitrogens with zero attached hydrogens (tertiary/aromatic N) is 1. The lowest BCUT2D eigenvalue weighted by Gasteiger charge is -2.22. The number of carbonyl (C=O) groups excluding carboxylic acids is 2. The number of nitrogens with one attached hydrogen (secondary N) is 2. The molecule has 1 atom stereocenters. The van der Waals surface area contributed by atoms with E-state index in [9.17, 15) is 9.59 Å². The number of hydrogen-bond donors (Lipinski definition) is 3. The van der Waals surface area contributed by atoms with Gasteiger partial charge in [-0.05, 0) is 54.9 Å². The summed E-state index contributed by atoms with van der Waals surface area (Å²) >= 11 is 1.50. The normalized spacial score (nSPS) is 15.7. The first-order valence-corrected chi connectivity index (χ1v) is 10.6. The number of anilines is 2. The third kappa shape index (κ3) is 5.80. The van der Waals surface area contributed by atoms with Gasteiger partial charge in [-0.15, -0.1) is 11.3 Å². The highest BCUT2D eigenvalue weighted by molar-refractivity contribution is 7.17. The number of ether oxygens (including phenoxy) is 1. The fourth-order valence-electron chi connectivity index (χ4n) is 3.19. The molecule has 7 nitrogen and oxygen atoms in total. The van der Waals surface area contributed by atoms with Gasteiger partial charge in [0.15, 0.2) is 0 Å². The maximum Gasteiger partial charge on any atom is 0.407 e. The number of carbonyl (C=O) groups is 2. The van der Waals surface area contributed by atoms with Crippen LogP contribution >= 0.6 is 11.3 Å². The Morgan fingerprint density at radius 2 is 2.31 bits per heavy atom. The Bertz CT molecular complexity index is 880. The third-order valence-corrected chi connectivity index (χ3v) is 5.91. The molecule has 0 spiro atoms. The van der Waals surface area contributed by atoms with E-state index in [1.165, 1.54) is 17.4 Å². The molecule has 2 amide bonds. The summed E-state index contributed by atoms with van der Waals surface area (Å²) in [5.74, 6) is 0.0357. The molecule has 0 fully saturated rings. The van der Waals surface area contributed by atoms with Gasteiger partial charge in [0.05, 0.1) is 12.3 Å². The summed E-state index contributed by atoms with van der Waals surface area (Å²) in [6, 6.07) is 3.69. The minimum atomic E-state index is -0.364. The van der Waals surface area contributed by atoms with Crippen LogP contribution in [0.15, 0.2) is 30.6 Å². The van der Waals surface area contributed by atoms with E-state index in [0.717, 1.165) is 41.7 Å². The molecule has 0 aliphatic heterocycles. The molecule has 0 saturated carbocycles. The van der Waals surface area contributed by atoms with Crippen molar-refractivity contribution in [1.82, 2.24) is 10.3 Å². The number of amides is 2. The quantitative estimate of drug-likeness (QED) is 0.600. The van der Waals surface area contributed by atoms with Crippen LogP contribution in [0.5, 0.6) is 0 Å². The Kier molecular flexibility index (Phi) is 7.24. The first-order chi connectivity index (χ1) is 14.1. The Morgan fingerprint density at radius 3 is 3.07 bits per heavy atom. The van der Waals surface area contributed by atoms with Crippen molar-refractivity contribution in [3.05, 3.63) is 46.6 Å². The van der Waals surface area contributed by atoms with E-state index in [-0.39, 0.29) is 17.9 Å². The van der Waals surface area contributed by atoms with Gasteiger partial charge in [0.25, 0.3) is 0 Å². The number of nitrogens with two attached hydrogens (primary N) is 1. The summed E-state index contributed by atoms with van der Waals surface area (Å²) < 4.78 is 5.31. The number of aromatic nitrogens is 1. The highest BCUT2D eigenvalue weighted by Crippen LogP contribution is 2.41. The van der Waals surface area contributed by atoms with E-state index in [1.807, 2.05) is 19.1 Å². The van der Waals surface area contributed by atoms with Crippen molar-refractivity contribution < 1.29 is 14.3 Å². The van der Waals surface area contributed by atoms with Crippen molar-refractivity contribution in [2.75, 3.05) is 24.2 Å². The van der Waals surface area contributed by atoms with Crippen molar-refractivity contribution in [3.63, 3.8) is 0 Å². The van der Waals surface area contributed by atoms with Crippen LogP contribution in [-0.4, -0.2) is 30.1 Å². The Hall–Kier alpha value is -2.87. The van der Waals surface area contributed by atoms with E-state index in [4.69, 9.17) is 10.5 Å². The second kappa shape index (κ2) is 10.1. The first kappa shape index (κ1) is 20.9. The topological polar surface area (TPSA) is 106 Å². The van der Waals surface area contributed by atoms with Crippen LogP contribution in [0.3, 0.4) is 0 Å². The average molecular weight is 415 g/mol. The molecule has 0 bridgehead atoms. The molecule has 1 aliphatic rings. The standard InChI is InChI=1S/C21H26N4O3S/c1-2-9-24-21(27)28-13-15-5-7-16-17(11-15)29-20(19(16)22)25-18(26)8-6-14-4-3-10-23-12-14/h3-4,6,8,10,12,15H,2,5,7,9,11,13,22H2,1H3,(H,24,27)(H,25,26)/b8-6+. The second-order valence-electron chi connectivity index (χ2n) is 6.99. The van der Waals surface area contributed by atoms with Crippen molar-refractivity contribution >= 4 is 40.1 Å². The zero-order valence-electron chi connectivity index (χ0n) is 16.4. The van der Waals surface area contributed by atoms with Crippen molar-refractivity contribution in [2.24, 2.45) is 5.92 Å². The van der Waals surface area contributed by atoms with Crippen LogP contribution in [0.4, 0.5) is 15.5 Å². The van der Waals surface area contributed by atoms with E-state index in [2.05, 4.69) is 15.6 Å². The van der Waals surface area contributed by atoms with Gasteiger partial charge >= 0.3 is 6.09 Å². The first-order valence-electron chi connectivity index (χ1n) is 9.76. The number of pyridine rings is 1. The van der Waals surface area contributed by atoms with Crippen LogP contribution in [0.1, 0.15) is 35.8 Å². The minimum Gasteiger partial charge on any atom is -0.449 e. The lowest BCUT2D eigenvalue weighted by Crippen LogP contribution is -2.28. The van der Waals surface area contributed by atoms with Crippen LogP contribution in [0.2, 0.25) is 0 Å². The number of rotatable bonds is 7. The molecule has 0 radical (unpaired) electrons. The second-order valence-corrected chi connectivity index (χ2v) is 8.09. The number of hydrogen-bond acceptors (Lipinski definition) is 6. The van der Waals surface area contributed by atoms with Crippen LogP contribution in [-0.2, 0) is 22.4 Å². The smallest absolute Gasteiger partial charge is 0.407 e. The average Bonchev–Trinajstić information content (AvgIpc) is 3.04. The molecular formula is C21H26N4O3S. The van der Waals surface area contributed by atoms with Gasteiger partial charge in [-0.1, -0.05) is 13.0 Å². The highest BCUT2D eigenvalue weighted by atomic mass is 32.1. The molecular weight excluding hydrogens is 388 g/mol. The van der Waals surface area contributed by atoms with Crippen molar-refractivity contribution in [1.29, 1.82) is 0 Å². The number of fused-ring (bicyclic) bond motifs is 1. The van der Waals surface area contributed by atoms with Crippen LogP contribution < -0.4 is 16.4 Å². The predicted octanol–water partition coefficient (Wildman–Crippen LogP) is 3.62. The zero-order chi connectivity index (χ0) is 20.6. The molecule has 154 valence electrons. The van der Waals surface area contributed by atoms with Gasteiger partial charge in [-0.2, -0.15) is 0 Å². The Balaban J connectivity index is 1.56. The fourth-order valence-corrected chi connectivity index (χ4v) is 4.47. The monoisotopic (exact) mass is 414 g/mol. The molecule has 8 heteroatoms. The number of nitrogen functional groups attached to an aromatic ring is 1. The van der Waals surface area contributed by atoms with Gasteiger partial charge in [0.1, 0.15) is 5.00 Å². The molecule has 1 aliphatic carbocycles. The molecule has 0 saturated heterocycles. The van der Waals surface area contributed by atoms with E-state index >= 15 is 0 Å². The largest absolute Gasteiger partial charge is 0.449 e. The zero-order valence-corrected chi connectivity index (χ0v) is 17.3. The van der Waals surface area contributed by atoms with Gasteiger partial charge in [0.2, 0.25) is 5.91 Å². The molecule has 29 heavy (non-hydrogen) atoms. The maximum absolute atomic E-state index is 12.2. The summed E-state index contributed by atoms with van der Waals surface area (Å²) in [4.78, 5) is 29.0. The summed E-state index contributed by atoms with van der Waals surface area (Å²) in [5, 5.41) is 6.27. The Labute approximate surface area is 174 Å². The van der Waals surface area contributed by atoms with E-state index in [0.29, 0.717) is 23.8 Å². The van der Waals surface area contributed by atoms with Gasteiger partial charge < -0.3 is 21.1 Å². The van der Waals surface area contributed by atoms with E-state index < -0.39 is 0 Å². The summed E-state index contributed by atoms with van der Waals surface area (Å²) in [7, 11) is 0.